The van der Waals surface area contributed by atoms with Crippen molar-refractivity contribution in [1.82, 2.24) is 18.7 Å². The van der Waals surface area contributed by atoms with Gasteiger partial charge in [-0.05, 0) is 50.4 Å². The number of aryl methyl sites for hydroxylation is 2. The molecular formula is C19H30N4O3. The number of nitrogens with zero attached hydrogens (tertiary/aromatic N) is 4. The van der Waals surface area contributed by atoms with Crippen molar-refractivity contribution in [3.05, 3.63) is 27.2 Å². The van der Waals surface area contributed by atoms with Gasteiger partial charge in [0, 0.05) is 20.6 Å². The van der Waals surface area contributed by atoms with Crippen LogP contribution in [0.2, 0.25) is 0 Å². The Labute approximate surface area is 153 Å². The molecule has 2 aromatic rings. The van der Waals surface area contributed by atoms with Crippen molar-refractivity contribution < 1.29 is 5.11 Å². The number of aromatic nitrogens is 4. The summed E-state index contributed by atoms with van der Waals surface area (Å²) in [6, 6.07) is 0. The first-order valence-corrected chi connectivity index (χ1v) is 9.65. The Morgan fingerprint density at radius 2 is 1.77 bits per heavy atom. The fourth-order valence-electron chi connectivity index (χ4n) is 4.53. The summed E-state index contributed by atoms with van der Waals surface area (Å²) < 4.78 is 4.49. The number of hydrogen-bond acceptors (Lipinski definition) is 4. The standard InChI is InChI=1S/C19H30N4O3/c1-5-19(26,6-2)14-9-7-13(8-10-14)11-23-17(24)15-16(20-12-21(15)3)22(4)18(23)25/h12-14,26H,5-11H2,1-4H3. The summed E-state index contributed by atoms with van der Waals surface area (Å²) in [5, 5.41) is 10.8. The van der Waals surface area contributed by atoms with Crippen LogP contribution in [0.15, 0.2) is 15.9 Å². The summed E-state index contributed by atoms with van der Waals surface area (Å²) >= 11 is 0. The Balaban J connectivity index is 1.82. The van der Waals surface area contributed by atoms with Crippen molar-refractivity contribution in [1.29, 1.82) is 0 Å². The van der Waals surface area contributed by atoms with Crippen LogP contribution >= 0.6 is 0 Å². The van der Waals surface area contributed by atoms with Gasteiger partial charge >= 0.3 is 5.69 Å². The number of fused-ring (bicyclic) bond motifs is 1. The molecule has 7 heteroatoms. The van der Waals surface area contributed by atoms with Gasteiger partial charge in [0.05, 0.1) is 11.9 Å². The molecule has 1 N–H and O–H groups in total. The van der Waals surface area contributed by atoms with E-state index in [4.69, 9.17) is 0 Å². The van der Waals surface area contributed by atoms with Crippen LogP contribution in [0.5, 0.6) is 0 Å². The van der Waals surface area contributed by atoms with Gasteiger partial charge in [-0.1, -0.05) is 13.8 Å². The zero-order valence-corrected chi connectivity index (χ0v) is 16.2. The molecule has 0 radical (unpaired) electrons. The molecule has 0 saturated heterocycles. The van der Waals surface area contributed by atoms with Gasteiger partial charge < -0.3 is 9.67 Å². The molecule has 2 aromatic heterocycles. The van der Waals surface area contributed by atoms with E-state index in [1.54, 1.807) is 25.0 Å². The molecule has 0 aliphatic heterocycles. The van der Waals surface area contributed by atoms with Crippen LogP contribution in [0.1, 0.15) is 52.4 Å². The van der Waals surface area contributed by atoms with E-state index < -0.39 is 5.60 Å². The molecule has 0 unspecified atom stereocenters. The van der Waals surface area contributed by atoms with E-state index in [1.807, 2.05) is 13.8 Å². The lowest BCUT2D eigenvalue weighted by Crippen LogP contribution is -2.43. The predicted octanol–water partition coefficient (Wildman–Crippen LogP) is 1.79. The smallest absolute Gasteiger partial charge is 0.332 e. The summed E-state index contributed by atoms with van der Waals surface area (Å²) in [7, 11) is 3.43. The Hall–Kier alpha value is -1.89. The summed E-state index contributed by atoms with van der Waals surface area (Å²) in [4.78, 5) is 29.6. The molecule has 0 amide bonds. The maximum absolute atomic E-state index is 12.8. The van der Waals surface area contributed by atoms with Crippen LogP contribution in [0.3, 0.4) is 0 Å². The molecule has 1 aliphatic rings. The van der Waals surface area contributed by atoms with Crippen LogP contribution < -0.4 is 11.2 Å². The molecule has 7 nitrogen and oxygen atoms in total. The minimum absolute atomic E-state index is 0.260. The SMILES string of the molecule is CCC(O)(CC)C1CCC(Cn2c(=O)c3c(ncn3C)n(C)c2=O)CC1. The number of rotatable bonds is 5. The Morgan fingerprint density at radius 3 is 2.35 bits per heavy atom. The molecule has 0 bridgehead atoms. The second-order valence-electron chi connectivity index (χ2n) is 7.81. The first-order valence-electron chi connectivity index (χ1n) is 9.65. The Bertz CT molecular complexity index is 896. The maximum atomic E-state index is 12.8. The van der Waals surface area contributed by atoms with Gasteiger partial charge in [-0.3, -0.25) is 13.9 Å². The van der Waals surface area contributed by atoms with E-state index in [0.29, 0.717) is 29.5 Å². The van der Waals surface area contributed by atoms with Gasteiger partial charge in [0.2, 0.25) is 0 Å². The van der Waals surface area contributed by atoms with Gasteiger partial charge in [-0.25, -0.2) is 9.78 Å². The van der Waals surface area contributed by atoms with E-state index in [2.05, 4.69) is 4.98 Å². The zero-order valence-electron chi connectivity index (χ0n) is 16.2. The normalized spacial score (nSPS) is 21.4. The first-order chi connectivity index (χ1) is 12.3. The average Bonchev–Trinajstić information content (AvgIpc) is 3.05. The number of aliphatic hydroxyl groups is 1. The summed E-state index contributed by atoms with van der Waals surface area (Å²) in [5.74, 6) is 0.605. The molecular weight excluding hydrogens is 332 g/mol. The van der Waals surface area contributed by atoms with E-state index >= 15 is 0 Å². The lowest BCUT2D eigenvalue weighted by molar-refractivity contribution is -0.0452. The fraction of sp³-hybridized carbons (Fsp3) is 0.737. The van der Waals surface area contributed by atoms with E-state index in [-0.39, 0.29) is 11.2 Å². The van der Waals surface area contributed by atoms with Gasteiger partial charge in [-0.2, -0.15) is 0 Å². The third kappa shape index (κ3) is 3.02. The highest BCUT2D eigenvalue weighted by molar-refractivity contribution is 5.69. The van der Waals surface area contributed by atoms with E-state index in [1.165, 1.54) is 9.13 Å². The molecule has 3 rings (SSSR count). The second kappa shape index (κ2) is 7.02. The van der Waals surface area contributed by atoms with Gasteiger partial charge in [0.1, 0.15) is 0 Å². The summed E-state index contributed by atoms with van der Waals surface area (Å²) in [6.07, 6.45) is 6.89. The van der Waals surface area contributed by atoms with Crippen LogP contribution in [-0.4, -0.2) is 29.4 Å². The van der Waals surface area contributed by atoms with Crippen molar-refractivity contribution in [2.75, 3.05) is 0 Å². The van der Waals surface area contributed by atoms with Crippen molar-refractivity contribution in [2.24, 2.45) is 25.9 Å². The molecule has 2 heterocycles. The van der Waals surface area contributed by atoms with Crippen LogP contribution in [0, 0.1) is 11.8 Å². The molecule has 0 aromatic carbocycles. The van der Waals surface area contributed by atoms with Crippen molar-refractivity contribution >= 4 is 11.2 Å². The topological polar surface area (TPSA) is 82.1 Å². The third-order valence-electron chi connectivity index (χ3n) is 6.47. The summed E-state index contributed by atoms with van der Waals surface area (Å²) in [5.41, 5.74) is -0.248. The van der Waals surface area contributed by atoms with Gasteiger partial charge in [0.15, 0.2) is 11.2 Å². The second-order valence-corrected chi connectivity index (χ2v) is 7.81. The average molecular weight is 362 g/mol. The van der Waals surface area contributed by atoms with Crippen LogP contribution in [0.25, 0.3) is 11.2 Å². The quantitative estimate of drug-likeness (QED) is 0.879. The Kier molecular flexibility index (Phi) is 5.10. The maximum Gasteiger partial charge on any atom is 0.332 e. The number of imidazole rings is 1. The molecule has 1 saturated carbocycles. The Morgan fingerprint density at radius 1 is 1.15 bits per heavy atom. The molecule has 0 spiro atoms. The highest BCUT2D eigenvalue weighted by Crippen LogP contribution is 2.39. The lowest BCUT2D eigenvalue weighted by atomic mass is 9.71. The molecule has 1 aliphatic carbocycles. The summed E-state index contributed by atoms with van der Waals surface area (Å²) in [6.45, 7) is 4.53. The highest BCUT2D eigenvalue weighted by atomic mass is 16.3. The third-order valence-corrected chi connectivity index (χ3v) is 6.47. The molecule has 144 valence electrons. The highest BCUT2D eigenvalue weighted by Gasteiger charge is 2.36. The van der Waals surface area contributed by atoms with Crippen molar-refractivity contribution in [2.45, 2.75) is 64.5 Å². The minimum Gasteiger partial charge on any atom is -0.390 e. The minimum atomic E-state index is -0.578. The molecule has 1 fully saturated rings. The number of hydrogen-bond donors (Lipinski definition) is 1. The van der Waals surface area contributed by atoms with Gasteiger partial charge in [0.25, 0.3) is 5.56 Å². The van der Waals surface area contributed by atoms with Gasteiger partial charge in [-0.15, -0.1) is 0 Å². The largest absolute Gasteiger partial charge is 0.390 e. The zero-order chi connectivity index (χ0) is 19.1. The van der Waals surface area contributed by atoms with Crippen molar-refractivity contribution in [3.8, 4) is 0 Å². The van der Waals surface area contributed by atoms with Crippen molar-refractivity contribution in [3.63, 3.8) is 0 Å². The molecule has 0 atom stereocenters. The predicted molar refractivity (Wildman–Crippen MR) is 101 cm³/mol. The lowest BCUT2D eigenvalue weighted by Gasteiger charge is -2.39. The first kappa shape index (κ1) is 18.9. The van der Waals surface area contributed by atoms with E-state index in [9.17, 15) is 14.7 Å². The monoisotopic (exact) mass is 362 g/mol. The van der Waals surface area contributed by atoms with Crippen LogP contribution in [-0.2, 0) is 20.6 Å². The molecule has 26 heavy (non-hydrogen) atoms. The van der Waals surface area contributed by atoms with Crippen LogP contribution in [0.4, 0.5) is 0 Å². The fourth-order valence-corrected chi connectivity index (χ4v) is 4.53. The van der Waals surface area contributed by atoms with E-state index in [0.717, 1.165) is 38.5 Å².